The van der Waals surface area contributed by atoms with Gasteiger partial charge in [0.2, 0.25) is 0 Å². The average Bonchev–Trinajstić information content (AvgIpc) is 2.24. The fraction of sp³-hybridized carbons (Fsp3) is 0.375. The van der Waals surface area contributed by atoms with Crippen LogP contribution in [0.2, 0.25) is 0 Å². The lowest BCUT2D eigenvalue weighted by Gasteiger charge is -2.14. The smallest absolute Gasteiger partial charge is 0.401 e. The molecule has 1 rings (SSSR count). The molecular formula is C8H12NO6P. The van der Waals surface area contributed by atoms with Gasteiger partial charge in [0.25, 0.3) is 0 Å². The van der Waals surface area contributed by atoms with Gasteiger partial charge in [0, 0.05) is 0 Å². The van der Waals surface area contributed by atoms with E-state index in [-0.39, 0.29) is 22.8 Å². The van der Waals surface area contributed by atoms with Crippen molar-refractivity contribution in [1.82, 2.24) is 4.98 Å². The van der Waals surface area contributed by atoms with Crippen LogP contribution in [-0.4, -0.2) is 31.5 Å². The summed E-state index contributed by atoms with van der Waals surface area (Å²) in [5.41, 5.74) is 0.211. The first kappa shape index (κ1) is 12.9. The van der Waals surface area contributed by atoms with Gasteiger partial charge in [0.1, 0.15) is 5.75 Å². The van der Waals surface area contributed by atoms with Crippen LogP contribution >= 0.6 is 7.60 Å². The van der Waals surface area contributed by atoms with E-state index in [2.05, 4.69) is 9.51 Å². The summed E-state index contributed by atoms with van der Waals surface area (Å²) in [5, 5.41) is 27.1. The number of aliphatic hydroxyl groups excluding tert-OH is 2. The Labute approximate surface area is 91.5 Å². The Morgan fingerprint density at radius 2 is 2.12 bits per heavy atom. The quantitative estimate of drug-likeness (QED) is 0.558. The van der Waals surface area contributed by atoms with E-state index in [0.29, 0.717) is 0 Å². The molecule has 1 aromatic heterocycles. The number of aromatic hydroxyl groups is 1. The van der Waals surface area contributed by atoms with Crippen LogP contribution in [0.25, 0.3) is 0 Å². The fourth-order valence-electron chi connectivity index (χ4n) is 1.04. The topological polar surface area (TPSA) is 120 Å². The first-order valence-corrected chi connectivity index (χ1v) is 6.08. The first-order chi connectivity index (χ1) is 7.41. The second-order valence-corrected chi connectivity index (χ2v) is 4.80. The lowest BCUT2D eigenvalue weighted by Crippen LogP contribution is -2.01. The molecule has 0 saturated carbocycles. The number of hydrogen-bond donors (Lipinski definition) is 4. The summed E-state index contributed by atoms with van der Waals surface area (Å²) in [6, 6.07) is 0. The van der Waals surface area contributed by atoms with Crippen LogP contribution in [0.5, 0.6) is 11.5 Å². The third kappa shape index (κ3) is 2.70. The molecule has 90 valence electrons. The molecule has 1 aromatic rings. The van der Waals surface area contributed by atoms with Crippen LogP contribution in [0, 0.1) is 6.92 Å². The summed E-state index contributed by atoms with van der Waals surface area (Å²) >= 11 is 0. The van der Waals surface area contributed by atoms with E-state index in [9.17, 15) is 9.67 Å². The highest BCUT2D eigenvalue weighted by Gasteiger charge is 2.23. The maximum Gasteiger partial charge on any atom is 0.401 e. The predicted molar refractivity (Wildman–Crippen MR) is 54.1 cm³/mol. The van der Waals surface area contributed by atoms with Crippen molar-refractivity contribution in [2.75, 3.05) is 6.35 Å². The molecule has 4 N–H and O–H groups in total. The molecule has 0 amide bonds. The molecule has 0 radical (unpaired) electrons. The van der Waals surface area contributed by atoms with E-state index in [0.717, 1.165) is 6.20 Å². The van der Waals surface area contributed by atoms with Crippen molar-refractivity contribution in [3.8, 4) is 11.5 Å². The molecule has 1 atom stereocenters. The van der Waals surface area contributed by atoms with Gasteiger partial charge in [-0.25, -0.2) is 4.57 Å². The molecule has 7 nitrogen and oxygen atoms in total. The van der Waals surface area contributed by atoms with E-state index in [1.807, 2.05) is 0 Å². The van der Waals surface area contributed by atoms with Crippen LogP contribution in [0.15, 0.2) is 6.20 Å². The Morgan fingerprint density at radius 1 is 1.50 bits per heavy atom. The lowest BCUT2D eigenvalue weighted by atomic mass is 10.2. The highest BCUT2D eigenvalue weighted by molar-refractivity contribution is 7.52. The summed E-state index contributed by atoms with van der Waals surface area (Å²) in [5.74, 6) is -0.538. The molecule has 0 aliphatic heterocycles. The Morgan fingerprint density at radius 3 is 2.62 bits per heavy atom. The highest BCUT2D eigenvalue weighted by Crippen LogP contribution is 2.43. The van der Waals surface area contributed by atoms with Gasteiger partial charge in [-0.3, -0.25) is 4.98 Å². The summed E-state index contributed by atoms with van der Waals surface area (Å²) in [7, 11) is -4.18. The number of pyridine rings is 1. The monoisotopic (exact) mass is 249 g/mol. The SMILES string of the molecule is Cc1ncc(OP(=O)(O)CO)c(CO)c1O. The number of nitrogens with zero attached hydrogens (tertiary/aromatic N) is 1. The third-order valence-corrected chi connectivity index (χ3v) is 2.72. The lowest BCUT2D eigenvalue weighted by molar-refractivity contribution is 0.264. The molecule has 0 saturated heterocycles. The largest absolute Gasteiger partial charge is 0.506 e. The van der Waals surface area contributed by atoms with Crippen LogP contribution in [0.4, 0.5) is 0 Å². The second-order valence-electron chi connectivity index (χ2n) is 3.06. The summed E-state index contributed by atoms with van der Waals surface area (Å²) in [4.78, 5) is 12.8. The van der Waals surface area contributed by atoms with Crippen molar-refractivity contribution in [1.29, 1.82) is 0 Å². The summed E-state index contributed by atoms with van der Waals surface area (Å²) in [6.07, 6.45) is 0.0334. The van der Waals surface area contributed by atoms with E-state index in [1.165, 1.54) is 6.92 Å². The van der Waals surface area contributed by atoms with E-state index < -0.39 is 20.6 Å². The molecule has 0 spiro atoms. The van der Waals surface area contributed by atoms with Crippen LogP contribution in [0.1, 0.15) is 11.3 Å². The zero-order chi connectivity index (χ0) is 12.3. The van der Waals surface area contributed by atoms with Crippen LogP contribution in [0.3, 0.4) is 0 Å². The van der Waals surface area contributed by atoms with Crippen LogP contribution in [-0.2, 0) is 11.2 Å². The Hall–Kier alpha value is -1.14. The average molecular weight is 249 g/mol. The molecule has 0 aromatic carbocycles. The Bertz CT molecular complexity index is 435. The standard InChI is InChI=1S/C8H12NO6P/c1-5-8(12)6(3-10)7(2-9-5)15-16(13,14)4-11/h2,10-12H,3-4H2,1H3,(H,13,14). The zero-order valence-corrected chi connectivity index (χ0v) is 9.39. The highest BCUT2D eigenvalue weighted by atomic mass is 31.2. The molecule has 1 unspecified atom stereocenters. The van der Waals surface area contributed by atoms with E-state index >= 15 is 0 Å². The molecule has 0 fully saturated rings. The molecule has 0 aliphatic carbocycles. The maximum absolute atomic E-state index is 11.1. The molecule has 0 bridgehead atoms. The molecule has 0 aliphatic rings. The van der Waals surface area contributed by atoms with Gasteiger partial charge in [0.15, 0.2) is 12.1 Å². The van der Waals surface area contributed by atoms with Crippen molar-refractivity contribution in [2.24, 2.45) is 0 Å². The van der Waals surface area contributed by atoms with Crippen molar-refractivity contribution >= 4 is 7.60 Å². The van der Waals surface area contributed by atoms with Crippen molar-refractivity contribution < 1.29 is 29.3 Å². The number of aryl methyl sites for hydroxylation is 1. The number of aromatic nitrogens is 1. The summed E-state index contributed by atoms with van der Waals surface area (Å²) in [6.45, 7) is 0.929. The van der Waals surface area contributed by atoms with Gasteiger partial charge in [-0.15, -0.1) is 0 Å². The normalized spacial score (nSPS) is 14.5. The molecular weight excluding hydrogens is 237 g/mol. The van der Waals surface area contributed by atoms with Crippen LogP contribution < -0.4 is 4.52 Å². The van der Waals surface area contributed by atoms with Gasteiger partial charge in [-0.2, -0.15) is 0 Å². The van der Waals surface area contributed by atoms with Gasteiger partial charge >= 0.3 is 7.60 Å². The van der Waals surface area contributed by atoms with Gasteiger partial charge in [0.05, 0.1) is 24.1 Å². The Kier molecular flexibility index (Phi) is 3.88. The fourth-order valence-corrected chi connectivity index (χ4v) is 1.57. The van der Waals surface area contributed by atoms with E-state index in [1.54, 1.807) is 0 Å². The third-order valence-electron chi connectivity index (χ3n) is 1.88. The van der Waals surface area contributed by atoms with E-state index in [4.69, 9.17) is 15.1 Å². The summed E-state index contributed by atoms with van der Waals surface area (Å²) < 4.78 is 15.7. The minimum atomic E-state index is -4.18. The predicted octanol–water partition coefficient (Wildman–Crippen LogP) is 0.102. The van der Waals surface area contributed by atoms with Gasteiger partial charge < -0.3 is 24.7 Å². The maximum atomic E-state index is 11.1. The Balaban J connectivity index is 3.15. The first-order valence-electron chi connectivity index (χ1n) is 4.32. The number of aliphatic hydroxyl groups is 2. The minimum absolute atomic E-state index is 0.0461. The number of hydrogen-bond acceptors (Lipinski definition) is 6. The van der Waals surface area contributed by atoms with Gasteiger partial charge in [-0.1, -0.05) is 0 Å². The van der Waals surface area contributed by atoms with Crippen molar-refractivity contribution in [3.05, 3.63) is 17.5 Å². The molecule has 16 heavy (non-hydrogen) atoms. The minimum Gasteiger partial charge on any atom is -0.506 e. The van der Waals surface area contributed by atoms with Crippen molar-refractivity contribution in [2.45, 2.75) is 13.5 Å². The second kappa shape index (κ2) is 4.80. The van der Waals surface area contributed by atoms with Gasteiger partial charge in [-0.05, 0) is 6.92 Å². The number of rotatable bonds is 4. The molecule has 8 heteroatoms. The zero-order valence-electron chi connectivity index (χ0n) is 8.49. The molecule has 1 heterocycles. The van der Waals surface area contributed by atoms with Crippen molar-refractivity contribution in [3.63, 3.8) is 0 Å².